The molecule has 3 nitrogen and oxygen atoms in total. The summed E-state index contributed by atoms with van der Waals surface area (Å²) in [7, 11) is 0. The normalized spacial score (nSPS) is 18.1. The van der Waals surface area contributed by atoms with Crippen molar-refractivity contribution in [2.75, 3.05) is 18.4 Å². The molecule has 0 bridgehead atoms. The van der Waals surface area contributed by atoms with Crippen molar-refractivity contribution in [1.29, 1.82) is 0 Å². The second kappa shape index (κ2) is 8.22. The van der Waals surface area contributed by atoms with Crippen molar-refractivity contribution >= 4 is 34.8 Å². The molecule has 1 N–H and O–H groups in total. The molecule has 0 aliphatic carbocycles. The highest BCUT2D eigenvalue weighted by molar-refractivity contribution is 6.35. The van der Waals surface area contributed by atoms with E-state index in [2.05, 4.69) is 17.1 Å². The minimum absolute atomic E-state index is 0.170. The zero-order chi connectivity index (χ0) is 17.8. The highest BCUT2D eigenvalue weighted by Crippen LogP contribution is 2.23. The Kier molecular flexibility index (Phi) is 6.00. The molecule has 1 amide bonds. The van der Waals surface area contributed by atoms with Gasteiger partial charge in [0, 0.05) is 34.4 Å². The van der Waals surface area contributed by atoms with Crippen molar-refractivity contribution < 1.29 is 4.79 Å². The Morgan fingerprint density at radius 2 is 1.84 bits per heavy atom. The van der Waals surface area contributed by atoms with Gasteiger partial charge in [-0.1, -0.05) is 42.3 Å². The van der Waals surface area contributed by atoms with Crippen LogP contribution in [0.3, 0.4) is 0 Å². The Bertz CT molecular complexity index is 726. The summed E-state index contributed by atoms with van der Waals surface area (Å²) in [5, 5.41) is 3.82. The average molecular weight is 377 g/mol. The second-order valence-corrected chi connectivity index (χ2v) is 7.66. The van der Waals surface area contributed by atoms with Crippen LogP contribution in [0.1, 0.15) is 35.7 Å². The Labute approximate surface area is 158 Å². The van der Waals surface area contributed by atoms with E-state index in [0.717, 1.165) is 25.6 Å². The maximum absolute atomic E-state index is 12.4. The maximum Gasteiger partial charge on any atom is 0.255 e. The number of nitrogens with one attached hydrogen (secondary N) is 1. The number of carbonyl (C=O) groups is 1. The number of rotatable bonds is 4. The molecule has 1 fully saturated rings. The molecule has 0 radical (unpaired) electrons. The van der Waals surface area contributed by atoms with Crippen molar-refractivity contribution in [2.45, 2.75) is 26.3 Å². The van der Waals surface area contributed by atoms with Crippen molar-refractivity contribution in [3.63, 3.8) is 0 Å². The first-order valence-corrected chi connectivity index (χ1v) is 9.34. The highest BCUT2D eigenvalue weighted by Gasteiger charge is 2.16. The number of amides is 1. The van der Waals surface area contributed by atoms with Gasteiger partial charge in [-0.25, -0.2) is 0 Å². The van der Waals surface area contributed by atoms with Crippen LogP contribution in [0.25, 0.3) is 0 Å². The number of hydrogen-bond donors (Lipinski definition) is 1. The fourth-order valence-electron chi connectivity index (χ4n) is 3.28. The molecule has 1 heterocycles. The second-order valence-electron chi connectivity index (χ2n) is 6.79. The van der Waals surface area contributed by atoms with Crippen LogP contribution < -0.4 is 5.32 Å². The maximum atomic E-state index is 12.4. The fraction of sp³-hybridized carbons (Fsp3) is 0.350. The quantitative estimate of drug-likeness (QED) is 0.766. The SMILES string of the molecule is C[C@H]1CCCN(Cc2ccc(C(=O)Nc3cc(Cl)cc(Cl)c3)cc2)C1. The van der Waals surface area contributed by atoms with Gasteiger partial charge in [-0.15, -0.1) is 0 Å². The van der Waals surface area contributed by atoms with Crippen molar-refractivity contribution in [3.05, 3.63) is 63.6 Å². The van der Waals surface area contributed by atoms with Crippen LogP contribution in [0.4, 0.5) is 5.69 Å². The molecule has 25 heavy (non-hydrogen) atoms. The van der Waals surface area contributed by atoms with Gasteiger partial charge in [-0.2, -0.15) is 0 Å². The lowest BCUT2D eigenvalue weighted by atomic mass is 9.99. The number of piperidine rings is 1. The predicted molar refractivity (Wildman–Crippen MR) is 105 cm³/mol. The van der Waals surface area contributed by atoms with Crippen LogP contribution in [0, 0.1) is 5.92 Å². The van der Waals surface area contributed by atoms with Crippen molar-refractivity contribution in [3.8, 4) is 0 Å². The Morgan fingerprint density at radius 3 is 2.48 bits per heavy atom. The molecule has 0 aromatic heterocycles. The predicted octanol–water partition coefficient (Wildman–Crippen LogP) is 5.48. The van der Waals surface area contributed by atoms with Crippen LogP contribution >= 0.6 is 23.2 Å². The monoisotopic (exact) mass is 376 g/mol. The zero-order valence-electron chi connectivity index (χ0n) is 14.3. The van der Waals surface area contributed by atoms with Gasteiger partial charge in [0.25, 0.3) is 5.91 Å². The molecule has 3 rings (SSSR count). The molecule has 132 valence electrons. The molecule has 1 saturated heterocycles. The van der Waals surface area contributed by atoms with Gasteiger partial charge in [0.1, 0.15) is 0 Å². The van der Waals surface area contributed by atoms with E-state index in [0.29, 0.717) is 21.3 Å². The molecular weight excluding hydrogens is 355 g/mol. The van der Waals surface area contributed by atoms with Gasteiger partial charge < -0.3 is 5.32 Å². The Balaban J connectivity index is 1.62. The fourth-order valence-corrected chi connectivity index (χ4v) is 3.81. The van der Waals surface area contributed by atoms with Gasteiger partial charge in [0.05, 0.1) is 0 Å². The number of hydrogen-bond acceptors (Lipinski definition) is 2. The smallest absolute Gasteiger partial charge is 0.255 e. The molecule has 1 aliphatic rings. The minimum atomic E-state index is -0.170. The first-order valence-electron chi connectivity index (χ1n) is 8.58. The van der Waals surface area contributed by atoms with Crippen LogP contribution in [-0.4, -0.2) is 23.9 Å². The van der Waals surface area contributed by atoms with Crippen LogP contribution in [-0.2, 0) is 6.54 Å². The summed E-state index contributed by atoms with van der Waals surface area (Å²) in [6, 6.07) is 12.8. The topological polar surface area (TPSA) is 32.3 Å². The van der Waals surface area contributed by atoms with Gasteiger partial charge in [-0.3, -0.25) is 9.69 Å². The summed E-state index contributed by atoms with van der Waals surface area (Å²) in [6.07, 6.45) is 2.59. The summed E-state index contributed by atoms with van der Waals surface area (Å²) < 4.78 is 0. The molecule has 1 aliphatic heterocycles. The lowest BCUT2D eigenvalue weighted by molar-refractivity contribution is 0.102. The standard InChI is InChI=1S/C20H22Cl2N2O/c1-14-3-2-8-24(12-14)13-15-4-6-16(7-5-15)20(25)23-19-10-17(21)9-18(22)11-19/h4-7,9-11,14H,2-3,8,12-13H2,1H3,(H,23,25)/t14-/m0/s1. The van der Waals surface area contributed by atoms with Gasteiger partial charge in [0.15, 0.2) is 0 Å². The first kappa shape index (κ1) is 18.2. The Hall–Kier alpha value is -1.55. The summed E-state index contributed by atoms with van der Waals surface area (Å²) in [6.45, 7) is 5.55. The highest BCUT2D eigenvalue weighted by atomic mass is 35.5. The first-order chi connectivity index (χ1) is 12.0. The van der Waals surface area contributed by atoms with Crippen molar-refractivity contribution in [1.82, 2.24) is 4.90 Å². The van der Waals surface area contributed by atoms with Crippen LogP contribution in [0.15, 0.2) is 42.5 Å². The van der Waals surface area contributed by atoms with E-state index in [1.54, 1.807) is 18.2 Å². The summed E-state index contributed by atoms with van der Waals surface area (Å²) in [5.41, 5.74) is 2.44. The van der Waals surface area contributed by atoms with Crippen LogP contribution in [0.5, 0.6) is 0 Å². The summed E-state index contributed by atoms with van der Waals surface area (Å²) in [5.74, 6) is 0.597. The summed E-state index contributed by atoms with van der Waals surface area (Å²) in [4.78, 5) is 14.9. The number of anilines is 1. The van der Waals surface area contributed by atoms with E-state index in [1.807, 2.05) is 24.3 Å². The number of carbonyl (C=O) groups excluding carboxylic acids is 1. The average Bonchev–Trinajstić information content (AvgIpc) is 2.54. The number of benzene rings is 2. The number of nitrogens with zero attached hydrogens (tertiary/aromatic N) is 1. The minimum Gasteiger partial charge on any atom is -0.322 e. The van der Waals surface area contributed by atoms with Gasteiger partial charge >= 0.3 is 0 Å². The molecule has 0 spiro atoms. The van der Waals surface area contributed by atoms with E-state index in [9.17, 15) is 4.79 Å². The number of halogens is 2. The Morgan fingerprint density at radius 1 is 1.16 bits per heavy atom. The lowest BCUT2D eigenvalue weighted by Crippen LogP contribution is -2.33. The van der Waals surface area contributed by atoms with E-state index >= 15 is 0 Å². The third kappa shape index (κ3) is 5.21. The summed E-state index contributed by atoms with van der Waals surface area (Å²) >= 11 is 11.9. The molecular formula is C20H22Cl2N2O. The van der Waals surface area contributed by atoms with Gasteiger partial charge in [0.2, 0.25) is 0 Å². The number of likely N-dealkylation sites (tertiary alicyclic amines) is 1. The van der Waals surface area contributed by atoms with Crippen LogP contribution in [0.2, 0.25) is 10.0 Å². The van der Waals surface area contributed by atoms with E-state index < -0.39 is 0 Å². The third-order valence-electron chi connectivity index (χ3n) is 4.48. The largest absolute Gasteiger partial charge is 0.322 e. The molecule has 1 atom stereocenters. The van der Waals surface area contributed by atoms with Gasteiger partial charge in [-0.05, 0) is 61.2 Å². The van der Waals surface area contributed by atoms with Crippen molar-refractivity contribution in [2.24, 2.45) is 5.92 Å². The van der Waals surface area contributed by atoms with E-state index in [-0.39, 0.29) is 5.91 Å². The third-order valence-corrected chi connectivity index (χ3v) is 4.92. The molecule has 2 aromatic carbocycles. The molecule has 5 heteroatoms. The van der Waals surface area contributed by atoms with E-state index in [4.69, 9.17) is 23.2 Å². The zero-order valence-corrected chi connectivity index (χ0v) is 15.8. The molecule has 2 aromatic rings. The molecule has 0 saturated carbocycles. The van der Waals surface area contributed by atoms with E-state index in [1.165, 1.54) is 18.4 Å². The lowest BCUT2D eigenvalue weighted by Gasteiger charge is -2.30. The molecule has 0 unspecified atom stereocenters.